The van der Waals surface area contributed by atoms with Gasteiger partial charge in [0, 0.05) is 16.7 Å². The van der Waals surface area contributed by atoms with E-state index in [2.05, 4.69) is 20.9 Å². The van der Waals surface area contributed by atoms with E-state index < -0.39 is 0 Å². The summed E-state index contributed by atoms with van der Waals surface area (Å²) in [5, 5.41) is 8.99. The Balaban J connectivity index is 2.25. The van der Waals surface area contributed by atoms with Crippen molar-refractivity contribution in [3.63, 3.8) is 0 Å². The van der Waals surface area contributed by atoms with E-state index in [1.807, 2.05) is 25.1 Å². The normalized spacial score (nSPS) is 10.3. The molecule has 0 radical (unpaired) electrons. The third-order valence-corrected chi connectivity index (χ3v) is 2.81. The van der Waals surface area contributed by atoms with Crippen LogP contribution in [0.25, 0.3) is 0 Å². The minimum atomic E-state index is -0.0868. The molecule has 0 saturated heterocycles. The van der Waals surface area contributed by atoms with Gasteiger partial charge in [-0.2, -0.15) is 0 Å². The molecule has 0 aliphatic rings. The lowest BCUT2D eigenvalue weighted by Gasteiger charge is -2.09. The Morgan fingerprint density at radius 2 is 2.12 bits per heavy atom. The van der Waals surface area contributed by atoms with Crippen molar-refractivity contribution in [1.82, 2.24) is 4.98 Å². The molecule has 0 atom stereocenters. The van der Waals surface area contributed by atoms with Crippen molar-refractivity contribution in [3.8, 4) is 11.5 Å². The van der Waals surface area contributed by atoms with Gasteiger partial charge in [0.05, 0.1) is 12.3 Å². The average Bonchev–Trinajstić information content (AvgIpc) is 2.33. The third kappa shape index (κ3) is 3.05. The molecule has 2 rings (SSSR count). The number of hydrogen-bond acceptors (Lipinski definition) is 3. The molecule has 4 heteroatoms. The van der Waals surface area contributed by atoms with Crippen molar-refractivity contribution >= 4 is 15.9 Å². The summed E-state index contributed by atoms with van der Waals surface area (Å²) in [5.74, 6) is 1.47. The van der Waals surface area contributed by atoms with Crippen LogP contribution in [0, 0.1) is 6.92 Å². The highest BCUT2D eigenvalue weighted by Crippen LogP contribution is 2.27. The van der Waals surface area contributed by atoms with E-state index in [0.29, 0.717) is 11.4 Å². The molecule has 0 unspecified atom stereocenters. The number of pyridine rings is 1. The second-order valence-corrected chi connectivity index (χ2v) is 4.57. The molecular weight excluding hydrogens is 282 g/mol. The predicted molar refractivity (Wildman–Crippen MR) is 69.1 cm³/mol. The molecule has 0 aliphatic heterocycles. The minimum Gasteiger partial charge on any atom is -0.457 e. The van der Waals surface area contributed by atoms with Crippen molar-refractivity contribution < 1.29 is 9.84 Å². The molecule has 0 fully saturated rings. The number of benzene rings is 1. The third-order valence-electron chi connectivity index (χ3n) is 2.31. The van der Waals surface area contributed by atoms with Gasteiger partial charge in [-0.1, -0.05) is 15.9 Å². The smallest absolute Gasteiger partial charge is 0.130 e. The van der Waals surface area contributed by atoms with Crippen molar-refractivity contribution in [1.29, 1.82) is 0 Å². The first-order valence-electron chi connectivity index (χ1n) is 5.19. The van der Waals surface area contributed by atoms with Gasteiger partial charge < -0.3 is 9.84 Å². The van der Waals surface area contributed by atoms with E-state index in [1.54, 1.807) is 18.3 Å². The zero-order valence-electron chi connectivity index (χ0n) is 9.35. The number of aliphatic hydroxyl groups is 1. The van der Waals surface area contributed by atoms with E-state index >= 15 is 0 Å². The van der Waals surface area contributed by atoms with E-state index in [0.717, 1.165) is 15.8 Å². The molecule has 2 aromatic rings. The Morgan fingerprint density at radius 1 is 1.29 bits per heavy atom. The largest absolute Gasteiger partial charge is 0.457 e. The maximum atomic E-state index is 8.99. The van der Waals surface area contributed by atoms with Crippen molar-refractivity contribution in [2.75, 3.05) is 0 Å². The summed E-state index contributed by atoms with van der Waals surface area (Å²) in [5.41, 5.74) is 1.64. The van der Waals surface area contributed by atoms with Crippen LogP contribution in [-0.4, -0.2) is 10.1 Å². The van der Waals surface area contributed by atoms with Crippen LogP contribution < -0.4 is 4.74 Å². The number of rotatable bonds is 3. The Kier molecular flexibility index (Phi) is 3.76. The monoisotopic (exact) mass is 293 g/mol. The van der Waals surface area contributed by atoms with Gasteiger partial charge in [-0.25, -0.2) is 0 Å². The molecular formula is C13H12BrNO2. The van der Waals surface area contributed by atoms with E-state index in [9.17, 15) is 0 Å². The quantitative estimate of drug-likeness (QED) is 0.943. The summed E-state index contributed by atoms with van der Waals surface area (Å²) in [7, 11) is 0. The Morgan fingerprint density at radius 3 is 2.82 bits per heavy atom. The Bertz CT molecular complexity index is 529. The number of nitrogens with zero attached hydrogens (tertiary/aromatic N) is 1. The SMILES string of the molecule is Cc1cc(Br)ccc1Oc1ccnc(CO)c1. The summed E-state index contributed by atoms with van der Waals surface area (Å²) >= 11 is 3.41. The van der Waals surface area contributed by atoms with Crippen molar-refractivity contribution in [2.24, 2.45) is 0 Å². The number of aliphatic hydroxyl groups excluding tert-OH is 1. The van der Waals surface area contributed by atoms with Gasteiger partial charge in [0.25, 0.3) is 0 Å². The van der Waals surface area contributed by atoms with Gasteiger partial charge in [0.15, 0.2) is 0 Å². The average molecular weight is 294 g/mol. The maximum absolute atomic E-state index is 8.99. The molecule has 1 N–H and O–H groups in total. The molecule has 1 heterocycles. The van der Waals surface area contributed by atoms with E-state index in [4.69, 9.17) is 9.84 Å². The van der Waals surface area contributed by atoms with E-state index in [-0.39, 0.29) is 6.61 Å². The van der Waals surface area contributed by atoms with Crippen molar-refractivity contribution in [2.45, 2.75) is 13.5 Å². The van der Waals surface area contributed by atoms with Crippen LogP contribution in [0.4, 0.5) is 0 Å². The summed E-state index contributed by atoms with van der Waals surface area (Å²) < 4.78 is 6.76. The lowest BCUT2D eigenvalue weighted by atomic mass is 10.2. The topological polar surface area (TPSA) is 42.4 Å². The second-order valence-electron chi connectivity index (χ2n) is 3.65. The first kappa shape index (κ1) is 12.1. The van der Waals surface area contributed by atoms with Crippen LogP contribution >= 0.6 is 15.9 Å². The first-order valence-corrected chi connectivity index (χ1v) is 5.98. The van der Waals surface area contributed by atoms with Crippen LogP contribution in [-0.2, 0) is 6.61 Å². The number of aromatic nitrogens is 1. The van der Waals surface area contributed by atoms with Crippen LogP contribution in [0.5, 0.6) is 11.5 Å². The summed E-state index contributed by atoms with van der Waals surface area (Å²) in [6.07, 6.45) is 1.62. The zero-order valence-corrected chi connectivity index (χ0v) is 10.9. The molecule has 3 nitrogen and oxygen atoms in total. The molecule has 1 aromatic heterocycles. The van der Waals surface area contributed by atoms with Crippen LogP contribution in [0.3, 0.4) is 0 Å². The fourth-order valence-electron chi connectivity index (χ4n) is 1.46. The van der Waals surface area contributed by atoms with Crippen LogP contribution in [0.1, 0.15) is 11.3 Å². The summed E-state index contributed by atoms with van der Waals surface area (Å²) in [6.45, 7) is 1.89. The van der Waals surface area contributed by atoms with Gasteiger partial charge in [0.2, 0.25) is 0 Å². The summed E-state index contributed by atoms with van der Waals surface area (Å²) in [6, 6.07) is 9.31. The minimum absolute atomic E-state index is 0.0868. The molecule has 0 spiro atoms. The van der Waals surface area contributed by atoms with Gasteiger partial charge in [-0.05, 0) is 36.8 Å². The predicted octanol–water partition coefficient (Wildman–Crippen LogP) is 3.44. The fraction of sp³-hybridized carbons (Fsp3) is 0.154. The van der Waals surface area contributed by atoms with Crippen LogP contribution in [0.2, 0.25) is 0 Å². The van der Waals surface area contributed by atoms with Gasteiger partial charge in [-0.15, -0.1) is 0 Å². The molecule has 1 aromatic carbocycles. The highest BCUT2D eigenvalue weighted by Gasteiger charge is 2.03. The molecule has 0 saturated carbocycles. The highest BCUT2D eigenvalue weighted by atomic mass is 79.9. The van der Waals surface area contributed by atoms with Crippen molar-refractivity contribution in [3.05, 3.63) is 52.3 Å². The second kappa shape index (κ2) is 5.29. The maximum Gasteiger partial charge on any atom is 0.130 e. The number of hydrogen-bond donors (Lipinski definition) is 1. The highest BCUT2D eigenvalue weighted by molar-refractivity contribution is 9.10. The first-order chi connectivity index (χ1) is 8.19. The Labute approximate surface area is 108 Å². The number of aryl methyl sites for hydroxylation is 1. The summed E-state index contributed by atoms with van der Waals surface area (Å²) in [4.78, 5) is 4.00. The molecule has 17 heavy (non-hydrogen) atoms. The standard InChI is InChI=1S/C13H12BrNO2/c1-9-6-10(14)2-3-13(9)17-12-4-5-15-11(7-12)8-16/h2-7,16H,8H2,1H3. The van der Waals surface area contributed by atoms with Gasteiger partial charge in [-0.3, -0.25) is 4.98 Å². The number of ether oxygens (including phenoxy) is 1. The van der Waals surface area contributed by atoms with E-state index in [1.165, 1.54) is 0 Å². The van der Waals surface area contributed by atoms with Gasteiger partial charge >= 0.3 is 0 Å². The molecule has 0 aliphatic carbocycles. The molecule has 88 valence electrons. The van der Waals surface area contributed by atoms with Gasteiger partial charge in [0.1, 0.15) is 11.5 Å². The lowest BCUT2D eigenvalue weighted by molar-refractivity contribution is 0.276. The number of halogens is 1. The zero-order chi connectivity index (χ0) is 12.3. The van der Waals surface area contributed by atoms with Crippen LogP contribution in [0.15, 0.2) is 41.0 Å². The Hall–Kier alpha value is -1.39. The lowest BCUT2D eigenvalue weighted by Crippen LogP contribution is -1.92. The fourth-order valence-corrected chi connectivity index (χ4v) is 1.94. The molecule has 0 bridgehead atoms. The molecule has 0 amide bonds.